The fourth-order valence-electron chi connectivity index (χ4n) is 4.63. The smallest absolute Gasteiger partial charge is 0.315 e. The maximum Gasteiger partial charge on any atom is 0.315 e. The van der Waals surface area contributed by atoms with Gasteiger partial charge in [0, 0.05) is 30.6 Å². The molecule has 1 aromatic heterocycles. The Morgan fingerprint density at radius 2 is 2.03 bits per heavy atom. The third-order valence-corrected chi connectivity index (χ3v) is 6.35. The number of aryl methyl sites for hydroxylation is 1. The van der Waals surface area contributed by atoms with Crippen LogP contribution in [0, 0.1) is 17.0 Å². The molecule has 3 aliphatic heterocycles. The van der Waals surface area contributed by atoms with Crippen molar-refractivity contribution in [2.24, 2.45) is 0 Å². The van der Waals surface area contributed by atoms with Crippen LogP contribution in [0.3, 0.4) is 0 Å². The molecule has 0 saturated carbocycles. The van der Waals surface area contributed by atoms with Gasteiger partial charge in [-0.05, 0) is 37.0 Å². The predicted molar refractivity (Wildman–Crippen MR) is 117 cm³/mol. The number of fused-ring (bicyclic) bond motifs is 2. The minimum absolute atomic E-state index is 0.129. The molecule has 0 aliphatic carbocycles. The van der Waals surface area contributed by atoms with Crippen molar-refractivity contribution in [2.75, 3.05) is 25.1 Å². The van der Waals surface area contributed by atoms with Crippen molar-refractivity contribution in [1.82, 2.24) is 10.2 Å². The average Bonchev–Trinajstić information content (AvgIpc) is 3.26. The van der Waals surface area contributed by atoms with Crippen LogP contribution in [0.5, 0.6) is 11.5 Å². The van der Waals surface area contributed by atoms with Gasteiger partial charge in [-0.2, -0.15) is 5.10 Å². The van der Waals surface area contributed by atoms with Crippen LogP contribution >= 0.6 is 0 Å². The number of ether oxygens (including phenoxy) is 2. The summed E-state index contributed by atoms with van der Waals surface area (Å²) in [6, 6.07) is 11.1. The van der Waals surface area contributed by atoms with Crippen LogP contribution in [0.15, 0.2) is 36.4 Å². The molecule has 1 fully saturated rings. The summed E-state index contributed by atoms with van der Waals surface area (Å²) in [4.78, 5) is 13.8. The Morgan fingerprint density at radius 1 is 1.26 bits per heavy atom. The highest BCUT2D eigenvalue weighted by atomic mass is 16.6. The van der Waals surface area contributed by atoms with E-state index < -0.39 is 4.92 Å². The number of anilines is 1. The lowest BCUT2D eigenvalue weighted by atomic mass is 9.86. The number of methoxy groups -OCH3 is 1. The van der Waals surface area contributed by atoms with Crippen molar-refractivity contribution in [3.8, 4) is 22.8 Å². The molecular weight excluding hydrogens is 396 g/mol. The van der Waals surface area contributed by atoms with E-state index in [1.807, 2.05) is 31.2 Å². The lowest BCUT2D eigenvalue weighted by Gasteiger charge is -2.40. The van der Waals surface area contributed by atoms with Crippen LogP contribution < -0.4 is 14.4 Å². The van der Waals surface area contributed by atoms with Crippen LogP contribution in [-0.4, -0.2) is 35.3 Å². The number of nitro groups is 1. The highest BCUT2D eigenvalue weighted by molar-refractivity contribution is 5.82. The number of hydrogen-bond donors (Lipinski definition) is 1. The van der Waals surface area contributed by atoms with E-state index >= 15 is 0 Å². The van der Waals surface area contributed by atoms with Gasteiger partial charge in [0.05, 0.1) is 23.4 Å². The SMILES string of the molecule is COc1cc(-c2n[nH]c3c2N2CCC3CC2)cc([N+](=O)[O-])c1OCc1ccccc1C. The standard InChI is InChI=1S/C23H24N4O4/c1-14-5-3-4-6-16(14)13-31-23-18(27(28)29)11-17(12-19(23)30-2)21-22-20(24-25-21)15-7-9-26(22)10-8-15/h3-6,11-12,15H,7-10,13H2,1-2H3,(H,24,25). The lowest BCUT2D eigenvalue weighted by molar-refractivity contribution is -0.386. The summed E-state index contributed by atoms with van der Waals surface area (Å²) in [5, 5.41) is 19.6. The molecule has 0 spiro atoms. The van der Waals surface area contributed by atoms with Gasteiger partial charge in [0.25, 0.3) is 0 Å². The van der Waals surface area contributed by atoms with E-state index in [0.717, 1.165) is 54.1 Å². The number of piperidine rings is 1. The van der Waals surface area contributed by atoms with Crippen LogP contribution in [0.1, 0.15) is 35.6 Å². The normalized spacial score (nSPS) is 15.1. The molecule has 31 heavy (non-hydrogen) atoms. The lowest BCUT2D eigenvalue weighted by Crippen LogP contribution is -2.38. The molecule has 160 valence electrons. The average molecular weight is 420 g/mol. The molecule has 0 amide bonds. The quantitative estimate of drug-likeness (QED) is 0.463. The topological polar surface area (TPSA) is 93.5 Å². The van der Waals surface area contributed by atoms with Gasteiger partial charge < -0.3 is 14.4 Å². The van der Waals surface area contributed by atoms with E-state index in [0.29, 0.717) is 17.2 Å². The fraction of sp³-hybridized carbons (Fsp3) is 0.348. The van der Waals surface area contributed by atoms with Crippen LogP contribution in [0.25, 0.3) is 11.3 Å². The second-order valence-corrected chi connectivity index (χ2v) is 8.09. The Balaban J connectivity index is 1.55. The van der Waals surface area contributed by atoms with Crippen LogP contribution in [0.4, 0.5) is 11.4 Å². The maximum absolute atomic E-state index is 11.9. The van der Waals surface area contributed by atoms with Gasteiger partial charge in [-0.25, -0.2) is 0 Å². The zero-order valence-corrected chi connectivity index (χ0v) is 17.6. The summed E-state index contributed by atoms with van der Waals surface area (Å²) in [5.74, 6) is 0.936. The minimum atomic E-state index is -0.426. The molecular formula is C23H24N4O4. The molecule has 3 aromatic rings. The van der Waals surface area contributed by atoms with Crippen molar-refractivity contribution in [3.63, 3.8) is 0 Å². The number of benzene rings is 2. The van der Waals surface area contributed by atoms with Gasteiger partial charge >= 0.3 is 5.69 Å². The summed E-state index contributed by atoms with van der Waals surface area (Å²) in [5.41, 5.74) is 5.47. The predicted octanol–water partition coefficient (Wildman–Crippen LogP) is 4.58. The number of nitrogens with zero attached hydrogens (tertiary/aromatic N) is 3. The number of nitrogens with one attached hydrogen (secondary N) is 1. The second kappa shape index (κ2) is 7.61. The number of aromatic nitrogens is 2. The largest absolute Gasteiger partial charge is 0.493 e. The van der Waals surface area contributed by atoms with Crippen molar-refractivity contribution < 1.29 is 14.4 Å². The van der Waals surface area contributed by atoms with Crippen molar-refractivity contribution >= 4 is 11.4 Å². The third-order valence-electron chi connectivity index (χ3n) is 6.35. The first-order chi connectivity index (χ1) is 15.1. The molecule has 2 aromatic carbocycles. The highest BCUT2D eigenvalue weighted by Gasteiger charge is 2.36. The van der Waals surface area contributed by atoms with E-state index in [9.17, 15) is 10.1 Å². The Bertz CT molecular complexity index is 1150. The van der Waals surface area contributed by atoms with E-state index in [1.54, 1.807) is 6.07 Å². The molecule has 8 nitrogen and oxygen atoms in total. The molecule has 0 unspecified atom stereocenters. The second-order valence-electron chi connectivity index (χ2n) is 8.09. The molecule has 3 aliphatic rings. The number of nitro benzene ring substituents is 1. The number of aromatic amines is 1. The number of H-pyrrole nitrogens is 1. The van der Waals surface area contributed by atoms with Gasteiger partial charge in [0.1, 0.15) is 12.3 Å². The summed E-state index contributed by atoms with van der Waals surface area (Å²) < 4.78 is 11.4. The zero-order valence-electron chi connectivity index (χ0n) is 17.6. The highest BCUT2D eigenvalue weighted by Crippen LogP contribution is 2.48. The monoisotopic (exact) mass is 420 g/mol. The zero-order chi connectivity index (χ0) is 21.5. The molecule has 6 rings (SSSR count). The third kappa shape index (κ3) is 3.28. The molecule has 1 N–H and O–H groups in total. The van der Waals surface area contributed by atoms with E-state index in [-0.39, 0.29) is 18.0 Å². The Hall–Kier alpha value is -3.55. The van der Waals surface area contributed by atoms with Crippen LogP contribution in [0.2, 0.25) is 0 Å². The van der Waals surface area contributed by atoms with Gasteiger partial charge in [-0.3, -0.25) is 15.2 Å². The fourth-order valence-corrected chi connectivity index (χ4v) is 4.63. The van der Waals surface area contributed by atoms with Crippen molar-refractivity contribution in [3.05, 3.63) is 63.3 Å². The molecule has 1 saturated heterocycles. The van der Waals surface area contributed by atoms with Gasteiger partial charge in [-0.15, -0.1) is 0 Å². The van der Waals surface area contributed by atoms with E-state index in [2.05, 4.69) is 15.1 Å². The first kappa shape index (κ1) is 19.4. The summed E-state index contributed by atoms with van der Waals surface area (Å²) >= 11 is 0. The van der Waals surface area contributed by atoms with Crippen molar-refractivity contribution in [1.29, 1.82) is 0 Å². The van der Waals surface area contributed by atoms with E-state index in [4.69, 9.17) is 9.47 Å². The Labute approximate surface area is 179 Å². The molecule has 4 heterocycles. The van der Waals surface area contributed by atoms with Crippen molar-refractivity contribution in [2.45, 2.75) is 32.3 Å². The first-order valence-electron chi connectivity index (χ1n) is 10.4. The Morgan fingerprint density at radius 3 is 2.74 bits per heavy atom. The molecule has 0 atom stereocenters. The molecule has 0 radical (unpaired) electrons. The summed E-state index contributed by atoms with van der Waals surface area (Å²) in [7, 11) is 1.49. The molecule has 2 bridgehead atoms. The summed E-state index contributed by atoms with van der Waals surface area (Å²) in [6.07, 6.45) is 2.23. The van der Waals surface area contributed by atoms with Gasteiger partial charge in [-0.1, -0.05) is 24.3 Å². The van der Waals surface area contributed by atoms with Gasteiger partial charge in [0.2, 0.25) is 5.75 Å². The maximum atomic E-state index is 11.9. The summed E-state index contributed by atoms with van der Waals surface area (Å²) in [6.45, 7) is 4.18. The first-order valence-corrected chi connectivity index (χ1v) is 10.4. The molecule has 8 heteroatoms. The number of rotatable bonds is 6. The Kier molecular flexibility index (Phi) is 4.77. The van der Waals surface area contributed by atoms with Gasteiger partial charge in [0.15, 0.2) is 5.75 Å². The minimum Gasteiger partial charge on any atom is -0.493 e. The van der Waals surface area contributed by atoms with Crippen LogP contribution in [-0.2, 0) is 6.61 Å². The number of hydrogen-bond acceptors (Lipinski definition) is 6. The van der Waals surface area contributed by atoms with E-state index in [1.165, 1.54) is 13.2 Å².